The van der Waals surface area contributed by atoms with Crippen molar-refractivity contribution in [1.29, 1.82) is 0 Å². The summed E-state index contributed by atoms with van der Waals surface area (Å²) in [7, 11) is -4.43. The zero-order valence-electron chi connectivity index (χ0n) is 18.5. The Balaban J connectivity index is 1.88. The lowest BCUT2D eigenvalue weighted by Gasteiger charge is -2.36. The van der Waals surface area contributed by atoms with Crippen LogP contribution in [0, 0.1) is 5.82 Å². The van der Waals surface area contributed by atoms with E-state index in [1.165, 1.54) is 17.0 Å². The van der Waals surface area contributed by atoms with Crippen LogP contribution in [0.4, 0.5) is 4.39 Å². The van der Waals surface area contributed by atoms with Gasteiger partial charge in [-0.3, -0.25) is 14.4 Å². The van der Waals surface area contributed by atoms with Crippen molar-refractivity contribution in [2.24, 2.45) is 0 Å². The number of carbonyl (C=O) groups excluding carboxylic acids is 3. The molecule has 3 amide bonds. The maximum atomic E-state index is 13.4. The lowest BCUT2D eigenvalue weighted by Crippen LogP contribution is -2.57. The van der Waals surface area contributed by atoms with Gasteiger partial charge < -0.3 is 15.1 Å². The molecular formula is C23H25ClFN3O5S. The first-order valence-electron chi connectivity index (χ1n) is 10.8. The molecule has 11 heteroatoms. The molecule has 0 bridgehead atoms. The molecule has 0 radical (unpaired) electrons. The van der Waals surface area contributed by atoms with Crippen molar-refractivity contribution in [2.75, 3.05) is 26.2 Å². The van der Waals surface area contributed by atoms with Crippen molar-refractivity contribution in [3.63, 3.8) is 0 Å². The predicted molar refractivity (Wildman–Crippen MR) is 124 cm³/mol. The molecule has 1 fully saturated rings. The SMILES string of the molecule is CCCC(=O)N1CCN(C(=O)[C@@H](NC(=O)c2ccccc2Cl)S(=O)(=O)c2ccc(F)cc2)CC1. The van der Waals surface area contributed by atoms with Gasteiger partial charge in [-0.05, 0) is 42.8 Å². The van der Waals surface area contributed by atoms with E-state index in [0.717, 1.165) is 24.3 Å². The molecular weight excluding hydrogens is 485 g/mol. The number of nitrogens with zero attached hydrogens (tertiary/aromatic N) is 2. The monoisotopic (exact) mass is 509 g/mol. The zero-order valence-corrected chi connectivity index (χ0v) is 20.1. The fraction of sp³-hybridized carbons (Fsp3) is 0.348. The van der Waals surface area contributed by atoms with Crippen LogP contribution in [0.5, 0.6) is 0 Å². The van der Waals surface area contributed by atoms with Crippen LogP contribution in [0.25, 0.3) is 0 Å². The van der Waals surface area contributed by atoms with Crippen molar-refractivity contribution in [1.82, 2.24) is 15.1 Å². The lowest BCUT2D eigenvalue weighted by molar-refractivity contribution is -0.139. The molecule has 0 aliphatic carbocycles. The summed E-state index contributed by atoms with van der Waals surface area (Å²) >= 11 is 6.07. The molecule has 1 atom stereocenters. The highest BCUT2D eigenvalue weighted by atomic mass is 35.5. The molecule has 8 nitrogen and oxygen atoms in total. The van der Waals surface area contributed by atoms with Crippen LogP contribution in [-0.4, -0.2) is 67.5 Å². The summed E-state index contributed by atoms with van der Waals surface area (Å²) < 4.78 is 40.1. The summed E-state index contributed by atoms with van der Waals surface area (Å²) in [5.74, 6) is -2.36. The standard InChI is InChI=1S/C23H25ClFN3O5S/c1-2-5-20(29)27-12-14-28(15-13-27)23(31)22(26-21(30)18-6-3-4-7-19(18)24)34(32,33)17-10-8-16(25)9-11-17/h3-4,6-11,22H,2,5,12-15H2,1H3,(H,26,30)/t22-/m0/s1. The molecule has 1 heterocycles. The Morgan fingerprint density at radius 3 is 2.18 bits per heavy atom. The molecule has 1 aliphatic heterocycles. The van der Waals surface area contributed by atoms with E-state index in [-0.39, 0.29) is 47.6 Å². The Labute approximate surface area is 202 Å². The highest BCUT2D eigenvalue weighted by molar-refractivity contribution is 7.92. The van der Waals surface area contributed by atoms with Gasteiger partial charge in [-0.15, -0.1) is 0 Å². The number of rotatable bonds is 7. The fourth-order valence-electron chi connectivity index (χ4n) is 3.59. The van der Waals surface area contributed by atoms with Crippen molar-refractivity contribution >= 4 is 39.2 Å². The van der Waals surface area contributed by atoms with Gasteiger partial charge in [0.15, 0.2) is 0 Å². The number of sulfone groups is 1. The first-order valence-corrected chi connectivity index (χ1v) is 12.7. The number of carbonyl (C=O) groups is 3. The van der Waals surface area contributed by atoms with E-state index in [9.17, 15) is 27.2 Å². The first kappa shape index (κ1) is 25.6. The third kappa shape index (κ3) is 5.74. The Hall–Kier alpha value is -2.98. The van der Waals surface area contributed by atoms with Gasteiger partial charge in [-0.25, -0.2) is 12.8 Å². The second-order valence-electron chi connectivity index (χ2n) is 7.79. The maximum absolute atomic E-state index is 13.4. The Morgan fingerprint density at radius 2 is 1.59 bits per heavy atom. The predicted octanol–water partition coefficient (Wildman–Crippen LogP) is 2.48. The minimum absolute atomic E-state index is 0.00579. The van der Waals surface area contributed by atoms with Crippen molar-refractivity contribution in [3.05, 3.63) is 64.9 Å². The molecule has 182 valence electrons. The molecule has 0 unspecified atom stereocenters. The molecule has 0 spiro atoms. The lowest BCUT2D eigenvalue weighted by atomic mass is 10.2. The van der Waals surface area contributed by atoms with Crippen molar-refractivity contribution in [2.45, 2.75) is 30.0 Å². The smallest absolute Gasteiger partial charge is 0.261 e. The van der Waals surface area contributed by atoms with Crippen LogP contribution in [0.3, 0.4) is 0 Å². The molecule has 1 N–H and O–H groups in total. The van der Waals surface area contributed by atoms with Gasteiger partial charge in [-0.2, -0.15) is 0 Å². The number of benzene rings is 2. The number of nitrogens with one attached hydrogen (secondary N) is 1. The Morgan fingerprint density at radius 1 is 1.00 bits per heavy atom. The van der Waals surface area contributed by atoms with Crippen molar-refractivity contribution in [3.8, 4) is 0 Å². The van der Waals surface area contributed by atoms with E-state index in [1.54, 1.807) is 17.0 Å². The van der Waals surface area contributed by atoms with Crippen LogP contribution in [-0.2, 0) is 19.4 Å². The number of halogens is 2. The number of hydrogen-bond donors (Lipinski definition) is 1. The fourth-order valence-corrected chi connectivity index (χ4v) is 5.27. The topological polar surface area (TPSA) is 104 Å². The number of hydrogen-bond acceptors (Lipinski definition) is 5. The van der Waals surface area contributed by atoms with Gasteiger partial charge in [-0.1, -0.05) is 30.7 Å². The maximum Gasteiger partial charge on any atom is 0.261 e. The quantitative estimate of drug-likeness (QED) is 0.577. The van der Waals surface area contributed by atoms with Gasteiger partial charge >= 0.3 is 0 Å². The zero-order chi connectivity index (χ0) is 24.9. The van der Waals surface area contributed by atoms with E-state index < -0.39 is 32.8 Å². The van der Waals surface area contributed by atoms with Gasteiger partial charge in [0, 0.05) is 32.6 Å². The van der Waals surface area contributed by atoms with Gasteiger partial charge in [0.05, 0.1) is 15.5 Å². The summed E-state index contributed by atoms with van der Waals surface area (Å²) in [5.41, 5.74) is 0.00579. The van der Waals surface area contributed by atoms with Crippen LogP contribution < -0.4 is 5.32 Å². The summed E-state index contributed by atoms with van der Waals surface area (Å²) in [6.07, 6.45) is 1.09. The average Bonchev–Trinajstić information content (AvgIpc) is 2.82. The first-order chi connectivity index (χ1) is 16.1. The second kappa shape index (κ2) is 11.0. The molecule has 34 heavy (non-hydrogen) atoms. The average molecular weight is 510 g/mol. The van der Waals surface area contributed by atoms with E-state index in [2.05, 4.69) is 5.32 Å². The highest BCUT2D eigenvalue weighted by Crippen LogP contribution is 2.20. The second-order valence-corrected chi connectivity index (χ2v) is 10.2. The molecule has 2 aromatic carbocycles. The van der Waals surface area contributed by atoms with Crippen LogP contribution in [0.15, 0.2) is 53.4 Å². The summed E-state index contributed by atoms with van der Waals surface area (Å²) in [6.45, 7) is 2.64. The van der Waals surface area contributed by atoms with Gasteiger partial charge in [0.1, 0.15) is 5.82 Å². The normalized spacial score (nSPS) is 15.0. The van der Waals surface area contributed by atoms with E-state index >= 15 is 0 Å². The molecule has 0 aromatic heterocycles. The largest absolute Gasteiger partial charge is 0.339 e. The van der Waals surface area contributed by atoms with Gasteiger partial charge in [0.2, 0.25) is 21.1 Å². The summed E-state index contributed by atoms with van der Waals surface area (Å²) in [6, 6.07) is 10.0. The summed E-state index contributed by atoms with van der Waals surface area (Å²) in [4.78, 5) is 41.0. The highest BCUT2D eigenvalue weighted by Gasteiger charge is 2.39. The minimum Gasteiger partial charge on any atom is -0.339 e. The minimum atomic E-state index is -4.43. The molecule has 3 rings (SSSR count). The number of amides is 3. The molecule has 0 saturated carbocycles. The molecule has 1 aliphatic rings. The molecule has 2 aromatic rings. The van der Waals surface area contributed by atoms with E-state index in [0.29, 0.717) is 12.8 Å². The molecule has 1 saturated heterocycles. The third-order valence-corrected chi connectivity index (χ3v) is 7.66. The van der Waals surface area contributed by atoms with Crippen LogP contribution in [0.1, 0.15) is 30.1 Å². The van der Waals surface area contributed by atoms with Crippen LogP contribution in [0.2, 0.25) is 5.02 Å². The summed E-state index contributed by atoms with van der Waals surface area (Å²) in [5, 5.41) is 0.434. The van der Waals surface area contributed by atoms with E-state index in [1.807, 2.05) is 6.92 Å². The van der Waals surface area contributed by atoms with Crippen LogP contribution >= 0.6 is 11.6 Å². The third-order valence-electron chi connectivity index (χ3n) is 5.47. The Kier molecular flexibility index (Phi) is 8.27. The van der Waals surface area contributed by atoms with Crippen molar-refractivity contribution < 1.29 is 27.2 Å². The Bertz CT molecular complexity index is 1170. The van der Waals surface area contributed by atoms with E-state index in [4.69, 9.17) is 11.6 Å². The number of piperazine rings is 1. The van der Waals surface area contributed by atoms with Gasteiger partial charge in [0.25, 0.3) is 11.8 Å².